The zero-order chi connectivity index (χ0) is 21.8. The Kier molecular flexibility index (Phi) is 4.85. The van der Waals surface area contributed by atoms with Crippen LogP contribution in [0.3, 0.4) is 0 Å². The molecule has 33 heavy (non-hydrogen) atoms. The van der Waals surface area contributed by atoms with Gasteiger partial charge >= 0.3 is 0 Å². The van der Waals surface area contributed by atoms with Gasteiger partial charge < -0.3 is 0 Å². The molecule has 5 heteroatoms. The molecule has 0 saturated carbocycles. The maximum atomic E-state index is 2.32. The summed E-state index contributed by atoms with van der Waals surface area (Å²) in [6.45, 7) is 0. The van der Waals surface area contributed by atoms with Crippen LogP contribution >= 0.6 is 56.7 Å². The third kappa shape index (κ3) is 3.61. The van der Waals surface area contributed by atoms with Crippen molar-refractivity contribution in [2.45, 2.75) is 0 Å². The fourth-order valence-electron chi connectivity index (χ4n) is 4.01. The molecule has 7 rings (SSSR count). The largest absolute Gasteiger partial charge is 0.134 e. The van der Waals surface area contributed by atoms with Crippen molar-refractivity contribution in [1.29, 1.82) is 0 Å². The Bertz CT molecular complexity index is 1540. The Morgan fingerprint density at radius 2 is 0.636 bits per heavy atom. The molecule has 0 radical (unpaired) electrons. The van der Waals surface area contributed by atoms with Gasteiger partial charge in [-0.15, -0.1) is 56.7 Å². The van der Waals surface area contributed by atoms with Gasteiger partial charge in [0.15, 0.2) is 0 Å². The molecule has 0 aliphatic heterocycles. The molecule has 0 bridgehead atoms. The van der Waals surface area contributed by atoms with Gasteiger partial charge in [0, 0.05) is 48.4 Å². The second-order valence-corrected chi connectivity index (χ2v) is 13.2. The molecule has 5 heterocycles. The number of thiophene rings is 5. The van der Waals surface area contributed by atoms with Crippen LogP contribution in [0.15, 0.2) is 97.1 Å². The molecule has 0 aliphatic carbocycles. The minimum absolute atomic E-state index is 1.33. The van der Waals surface area contributed by atoms with E-state index in [-0.39, 0.29) is 0 Å². The van der Waals surface area contributed by atoms with E-state index in [9.17, 15) is 0 Å². The SMILES string of the molecule is c1ccc2sc(-c3ccc(-c4ccc(-c5ccc(-c6cc7ccccc7s6)s5)s4)s3)cc2c1. The lowest BCUT2D eigenvalue weighted by molar-refractivity contribution is 1.85. The zero-order valence-electron chi connectivity index (χ0n) is 17.3. The Morgan fingerprint density at radius 1 is 0.303 bits per heavy atom. The van der Waals surface area contributed by atoms with Crippen LogP contribution in [0.4, 0.5) is 0 Å². The van der Waals surface area contributed by atoms with Gasteiger partial charge in [-0.25, -0.2) is 0 Å². The van der Waals surface area contributed by atoms with E-state index in [1.165, 1.54) is 59.2 Å². The molecule has 0 spiro atoms. The zero-order valence-corrected chi connectivity index (χ0v) is 21.4. The van der Waals surface area contributed by atoms with Crippen LogP contribution in [0.1, 0.15) is 0 Å². The van der Waals surface area contributed by atoms with E-state index in [0.29, 0.717) is 0 Å². The smallest absolute Gasteiger partial charge is 0.0455 e. The molecular formula is C28H16S5. The van der Waals surface area contributed by atoms with Crippen molar-refractivity contribution in [2.75, 3.05) is 0 Å². The standard InChI is InChI=1S/C28H16S5/c1-3-7-19-17(5-1)15-27(29-19)25-13-11-23(32-25)21-9-10-22(31-21)24-12-14-26(33-24)28-16-18-6-2-4-8-20(18)30-28/h1-16H. The lowest BCUT2D eigenvalue weighted by Gasteiger charge is -1.92. The lowest BCUT2D eigenvalue weighted by Crippen LogP contribution is -1.59. The highest BCUT2D eigenvalue weighted by molar-refractivity contribution is 7.31. The summed E-state index contributed by atoms with van der Waals surface area (Å²) in [5.74, 6) is 0. The van der Waals surface area contributed by atoms with Crippen molar-refractivity contribution in [3.8, 4) is 39.0 Å². The van der Waals surface area contributed by atoms with Crippen LogP contribution in [0, 0.1) is 0 Å². The van der Waals surface area contributed by atoms with Crippen LogP contribution < -0.4 is 0 Å². The van der Waals surface area contributed by atoms with Crippen LogP contribution in [-0.2, 0) is 0 Å². The summed E-state index contributed by atoms with van der Waals surface area (Å²) in [5.41, 5.74) is 0. The predicted molar refractivity (Wildman–Crippen MR) is 153 cm³/mol. The molecule has 0 aliphatic rings. The van der Waals surface area contributed by atoms with Crippen LogP contribution in [0.2, 0.25) is 0 Å². The molecule has 0 N–H and O–H groups in total. The molecule has 0 unspecified atom stereocenters. The lowest BCUT2D eigenvalue weighted by atomic mass is 10.2. The van der Waals surface area contributed by atoms with Crippen molar-refractivity contribution in [3.05, 3.63) is 97.1 Å². The molecule has 5 aromatic heterocycles. The van der Waals surface area contributed by atoms with Gasteiger partial charge in [-0.1, -0.05) is 36.4 Å². The summed E-state index contributed by atoms with van der Waals surface area (Å²) in [6.07, 6.45) is 0. The summed E-state index contributed by atoms with van der Waals surface area (Å²) in [7, 11) is 0. The van der Waals surface area contributed by atoms with Crippen molar-refractivity contribution in [2.24, 2.45) is 0 Å². The van der Waals surface area contributed by atoms with Crippen molar-refractivity contribution >= 4 is 76.9 Å². The van der Waals surface area contributed by atoms with E-state index < -0.39 is 0 Å². The minimum atomic E-state index is 1.33. The Balaban J connectivity index is 1.17. The molecule has 0 amide bonds. The van der Waals surface area contributed by atoms with E-state index >= 15 is 0 Å². The molecule has 2 aromatic carbocycles. The third-order valence-corrected chi connectivity index (χ3v) is 11.9. The quantitative estimate of drug-likeness (QED) is 0.220. The number of hydrogen-bond acceptors (Lipinski definition) is 5. The van der Waals surface area contributed by atoms with Gasteiger partial charge in [0.1, 0.15) is 0 Å². The summed E-state index contributed by atoms with van der Waals surface area (Å²) < 4.78 is 2.71. The normalized spacial score (nSPS) is 11.6. The predicted octanol–water partition coefficient (Wildman–Crippen LogP) is 11.0. The van der Waals surface area contributed by atoms with Crippen molar-refractivity contribution < 1.29 is 0 Å². The monoisotopic (exact) mass is 512 g/mol. The summed E-state index contributed by atoms with van der Waals surface area (Å²) >= 11 is 9.44. The average molecular weight is 513 g/mol. The molecule has 0 nitrogen and oxygen atoms in total. The minimum Gasteiger partial charge on any atom is -0.134 e. The average Bonchev–Trinajstić information content (AvgIpc) is 3.66. The van der Waals surface area contributed by atoms with Gasteiger partial charge in [-0.3, -0.25) is 0 Å². The van der Waals surface area contributed by atoms with E-state index in [2.05, 4.69) is 97.1 Å². The highest BCUT2D eigenvalue weighted by atomic mass is 32.1. The van der Waals surface area contributed by atoms with Gasteiger partial charge in [0.05, 0.1) is 0 Å². The first kappa shape index (κ1) is 19.9. The molecular weight excluding hydrogens is 497 g/mol. The Hall–Kier alpha value is -2.54. The van der Waals surface area contributed by atoms with E-state index in [0.717, 1.165) is 0 Å². The highest BCUT2D eigenvalue weighted by Gasteiger charge is 2.13. The maximum Gasteiger partial charge on any atom is 0.0455 e. The number of rotatable bonds is 4. The first-order chi connectivity index (χ1) is 16.3. The van der Waals surface area contributed by atoms with Crippen LogP contribution in [0.5, 0.6) is 0 Å². The fraction of sp³-hybridized carbons (Fsp3) is 0. The van der Waals surface area contributed by atoms with Gasteiger partial charge in [0.25, 0.3) is 0 Å². The van der Waals surface area contributed by atoms with E-state index in [4.69, 9.17) is 0 Å². The second-order valence-electron chi connectivity index (χ2n) is 7.79. The number of fused-ring (bicyclic) bond motifs is 2. The molecule has 0 fully saturated rings. The van der Waals surface area contributed by atoms with Crippen molar-refractivity contribution in [3.63, 3.8) is 0 Å². The Morgan fingerprint density at radius 3 is 1.00 bits per heavy atom. The maximum absolute atomic E-state index is 2.32. The molecule has 7 aromatic rings. The first-order valence-electron chi connectivity index (χ1n) is 10.6. The Labute approximate surface area is 211 Å². The number of hydrogen-bond donors (Lipinski definition) is 0. The molecule has 158 valence electrons. The van der Waals surface area contributed by atoms with Crippen LogP contribution in [0.25, 0.3) is 59.2 Å². The second kappa shape index (κ2) is 8.05. The first-order valence-corrected chi connectivity index (χ1v) is 14.7. The third-order valence-electron chi connectivity index (χ3n) is 5.64. The summed E-state index contributed by atoms with van der Waals surface area (Å²) in [5, 5.41) is 2.66. The highest BCUT2D eigenvalue weighted by Crippen LogP contribution is 2.45. The van der Waals surface area contributed by atoms with Crippen molar-refractivity contribution in [1.82, 2.24) is 0 Å². The van der Waals surface area contributed by atoms with Gasteiger partial charge in [-0.2, -0.15) is 0 Å². The van der Waals surface area contributed by atoms with E-state index in [1.54, 1.807) is 0 Å². The topological polar surface area (TPSA) is 0 Å². The van der Waals surface area contributed by atoms with E-state index in [1.807, 2.05) is 56.7 Å². The van der Waals surface area contributed by atoms with Gasteiger partial charge in [-0.05, 0) is 71.4 Å². The number of benzene rings is 2. The summed E-state index contributed by atoms with van der Waals surface area (Å²) in [6, 6.07) is 35.6. The van der Waals surface area contributed by atoms with Gasteiger partial charge in [0.2, 0.25) is 0 Å². The molecule has 0 atom stereocenters. The fourth-order valence-corrected chi connectivity index (χ4v) is 9.50. The summed E-state index contributed by atoms with van der Waals surface area (Å²) in [4.78, 5) is 10.8. The van der Waals surface area contributed by atoms with Crippen LogP contribution in [-0.4, -0.2) is 0 Å². The molecule has 0 saturated heterocycles.